The van der Waals surface area contributed by atoms with Crippen LogP contribution in [-0.4, -0.2) is 11.0 Å². The Labute approximate surface area is 99.7 Å². The first-order valence-corrected chi connectivity index (χ1v) is 5.79. The molecule has 0 saturated carbocycles. The van der Waals surface area contributed by atoms with Gasteiger partial charge in [-0.1, -0.05) is 19.9 Å². The van der Waals surface area contributed by atoms with E-state index in [1.165, 1.54) is 6.07 Å². The number of hydrogen-bond donors (Lipinski definition) is 2. The van der Waals surface area contributed by atoms with Crippen LogP contribution in [0.5, 0.6) is 0 Å². The Bertz CT molecular complexity index is 457. The van der Waals surface area contributed by atoms with Gasteiger partial charge in [0.1, 0.15) is 5.82 Å². The number of aliphatic hydroxyl groups is 1. The number of aryl methyl sites for hydroxylation is 1. The van der Waals surface area contributed by atoms with Crippen molar-refractivity contribution in [1.29, 1.82) is 0 Å². The third-order valence-electron chi connectivity index (χ3n) is 3.05. The number of rotatable bonds is 2. The van der Waals surface area contributed by atoms with Crippen LogP contribution in [0.4, 0.5) is 10.1 Å². The molecule has 17 heavy (non-hydrogen) atoms. The zero-order chi connectivity index (χ0) is 12.6. The van der Waals surface area contributed by atoms with Crippen LogP contribution in [-0.2, 0) is 11.2 Å². The number of aliphatic hydroxyl groups excluding tert-OH is 1. The van der Waals surface area contributed by atoms with Gasteiger partial charge in [0.05, 0.1) is 11.8 Å². The quantitative estimate of drug-likeness (QED) is 0.829. The van der Waals surface area contributed by atoms with Gasteiger partial charge in [0.2, 0.25) is 5.91 Å². The Morgan fingerprint density at radius 2 is 2.06 bits per heavy atom. The molecular formula is C13H16FNO2. The lowest BCUT2D eigenvalue weighted by Gasteiger charge is -2.21. The van der Waals surface area contributed by atoms with Crippen molar-refractivity contribution in [2.75, 3.05) is 5.32 Å². The SMILES string of the molecule is CC(C)C(O)c1cc(F)c2c(c1)CCC(=O)N2. The Morgan fingerprint density at radius 3 is 2.71 bits per heavy atom. The van der Waals surface area contributed by atoms with Gasteiger partial charge in [-0.3, -0.25) is 4.79 Å². The van der Waals surface area contributed by atoms with Gasteiger partial charge >= 0.3 is 0 Å². The fraction of sp³-hybridized carbons (Fsp3) is 0.462. The average Bonchev–Trinajstić information content (AvgIpc) is 2.28. The minimum Gasteiger partial charge on any atom is -0.388 e. The van der Waals surface area contributed by atoms with Crippen molar-refractivity contribution in [2.45, 2.75) is 32.8 Å². The lowest BCUT2D eigenvalue weighted by atomic mass is 9.93. The molecule has 92 valence electrons. The van der Waals surface area contributed by atoms with Crippen molar-refractivity contribution < 1.29 is 14.3 Å². The first-order chi connectivity index (χ1) is 7.99. The average molecular weight is 237 g/mol. The molecule has 1 aromatic rings. The summed E-state index contributed by atoms with van der Waals surface area (Å²) in [6.07, 6.45) is 0.220. The third-order valence-corrected chi connectivity index (χ3v) is 3.05. The van der Waals surface area contributed by atoms with E-state index in [1.54, 1.807) is 6.07 Å². The number of carbonyl (C=O) groups excluding carboxylic acids is 1. The molecule has 0 fully saturated rings. The number of hydrogen-bond acceptors (Lipinski definition) is 2. The highest BCUT2D eigenvalue weighted by Gasteiger charge is 2.22. The molecule has 0 aromatic heterocycles. The van der Waals surface area contributed by atoms with Crippen LogP contribution in [0.2, 0.25) is 0 Å². The van der Waals surface area contributed by atoms with Crippen molar-refractivity contribution in [3.63, 3.8) is 0 Å². The summed E-state index contributed by atoms with van der Waals surface area (Å²) in [5.41, 5.74) is 1.60. The smallest absolute Gasteiger partial charge is 0.224 e. The normalized spacial score (nSPS) is 16.6. The highest BCUT2D eigenvalue weighted by Crippen LogP contribution is 2.31. The zero-order valence-corrected chi connectivity index (χ0v) is 9.96. The number of carbonyl (C=O) groups is 1. The predicted octanol–water partition coefficient (Wildman–Crippen LogP) is 2.40. The molecule has 1 aromatic carbocycles. The highest BCUT2D eigenvalue weighted by atomic mass is 19.1. The van der Waals surface area contributed by atoms with Crippen LogP contribution in [0.25, 0.3) is 0 Å². The molecule has 2 rings (SSSR count). The van der Waals surface area contributed by atoms with Gasteiger partial charge in [0.15, 0.2) is 0 Å². The van der Waals surface area contributed by atoms with Gasteiger partial charge in [0.25, 0.3) is 0 Å². The number of benzene rings is 1. The van der Waals surface area contributed by atoms with E-state index in [1.807, 2.05) is 13.8 Å². The van der Waals surface area contributed by atoms with E-state index in [4.69, 9.17) is 0 Å². The van der Waals surface area contributed by atoms with Gasteiger partial charge in [-0.25, -0.2) is 4.39 Å². The number of amides is 1. The predicted molar refractivity (Wildman–Crippen MR) is 63.1 cm³/mol. The van der Waals surface area contributed by atoms with E-state index in [9.17, 15) is 14.3 Å². The molecule has 1 aliphatic rings. The molecule has 1 heterocycles. The molecule has 1 amide bonds. The molecule has 4 heteroatoms. The second-order valence-electron chi connectivity index (χ2n) is 4.77. The van der Waals surface area contributed by atoms with Crippen LogP contribution in [0.3, 0.4) is 0 Å². The second-order valence-corrected chi connectivity index (χ2v) is 4.77. The van der Waals surface area contributed by atoms with Crippen LogP contribution in [0.15, 0.2) is 12.1 Å². The summed E-state index contributed by atoms with van der Waals surface area (Å²) in [6, 6.07) is 3.08. The lowest BCUT2D eigenvalue weighted by molar-refractivity contribution is -0.116. The van der Waals surface area contributed by atoms with Gasteiger partial charge in [-0.05, 0) is 29.5 Å². The van der Waals surface area contributed by atoms with Crippen molar-refractivity contribution in [3.05, 3.63) is 29.1 Å². The monoisotopic (exact) mass is 237 g/mol. The van der Waals surface area contributed by atoms with Crippen molar-refractivity contribution in [2.24, 2.45) is 5.92 Å². The van der Waals surface area contributed by atoms with Crippen molar-refractivity contribution in [3.8, 4) is 0 Å². The van der Waals surface area contributed by atoms with E-state index in [0.717, 1.165) is 5.56 Å². The maximum absolute atomic E-state index is 13.8. The zero-order valence-electron chi connectivity index (χ0n) is 9.96. The molecule has 1 atom stereocenters. The van der Waals surface area contributed by atoms with Crippen LogP contribution < -0.4 is 5.32 Å². The molecule has 0 aliphatic carbocycles. The Morgan fingerprint density at radius 1 is 1.35 bits per heavy atom. The highest BCUT2D eigenvalue weighted by molar-refractivity contribution is 5.94. The number of fused-ring (bicyclic) bond motifs is 1. The number of anilines is 1. The first kappa shape index (κ1) is 12.0. The summed E-state index contributed by atoms with van der Waals surface area (Å²) in [5, 5.41) is 12.4. The standard InChI is InChI=1S/C13H16FNO2/c1-7(2)13(17)9-5-8-3-4-11(16)15-12(8)10(14)6-9/h5-7,13,17H,3-4H2,1-2H3,(H,15,16). The summed E-state index contributed by atoms with van der Waals surface area (Å²) >= 11 is 0. The maximum atomic E-state index is 13.8. The van der Waals surface area contributed by atoms with Gasteiger partial charge in [0, 0.05) is 6.42 Å². The molecule has 1 unspecified atom stereocenters. The molecule has 0 spiro atoms. The Kier molecular flexibility index (Phi) is 3.15. The van der Waals surface area contributed by atoms with E-state index in [-0.39, 0.29) is 17.5 Å². The van der Waals surface area contributed by atoms with E-state index < -0.39 is 11.9 Å². The minimum absolute atomic E-state index is 0.0330. The summed E-state index contributed by atoms with van der Waals surface area (Å²) < 4.78 is 13.8. The minimum atomic E-state index is -0.674. The Balaban J connectivity index is 2.41. The number of halogens is 1. The summed E-state index contributed by atoms with van der Waals surface area (Å²) in [4.78, 5) is 11.2. The van der Waals surface area contributed by atoms with E-state index in [2.05, 4.69) is 5.32 Å². The molecule has 0 saturated heterocycles. The van der Waals surface area contributed by atoms with Crippen molar-refractivity contribution in [1.82, 2.24) is 0 Å². The van der Waals surface area contributed by atoms with Gasteiger partial charge < -0.3 is 10.4 Å². The molecular weight excluding hydrogens is 221 g/mol. The van der Waals surface area contributed by atoms with E-state index >= 15 is 0 Å². The topological polar surface area (TPSA) is 49.3 Å². The third kappa shape index (κ3) is 2.31. The molecule has 1 aliphatic heterocycles. The summed E-state index contributed by atoms with van der Waals surface area (Å²) in [7, 11) is 0. The maximum Gasteiger partial charge on any atom is 0.224 e. The van der Waals surface area contributed by atoms with Crippen molar-refractivity contribution >= 4 is 11.6 Å². The molecule has 0 bridgehead atoms. The van der Waals surface area contributed by atoms with Gasteiger partial charge in [-0.15, -0.1) is 0 Å². The molecule has 2 N–H and O–H groups in total. The van der Waals surface area contributed by atoms with Crippen LogP contribution >= 0.6 is 0 Å². The van der Waals surface area contributed by atoms with E-state index in [0.29, 0.717) is 18.4 Å². The second kappa shape index (κ2) is 4.45. The largest absolute Gasteiger partial charge is 0.388 e. The Hall–Kier alpha value is -1.42. The fourth-order valence-corrected chi connectivity index (χ4v) is 2.03. The lowest BCUT2D eigenvalue weighted by Crippen LogP contribution is -2.21. The summed E-state index contributed by atoms with van der Waals surface area (Å²) in [6.45, 7) is 3.76. The first-order valence-electron chi connectivity index (χ1n) is 5.79. The number of nitrogens with one attached hydrogen (secondary N) is 1. The van der Waals surface area contributed by atoms with Crippen LogP contribution in [0.1, 0.15) is 37.5 Å². The van der Waals surface area contributed by atoms with Crippen LogP contribution in [0, 0.1) is 11.7 Å². The fourth-order valence-electron chi connectivity index (χ4n) is 2.03. The van der Waals surface area contributed by atoms with Gasteiger partial charge in [-0.2, -0.15) is 0 Å². The molecule has 3 nitrogen and oxygen atoms in total. The summed E-state index contributed by atoms with van der Waals surface area (Å²) in [5.74, 6) is -0.593. The molecule has 0 radical (unpaired) electrons.